The minimum absolute atomic E-state index is 0.0315. The van der Waals surface area contributed by atoms with Gasteiger partial charge in [0.25, 0.3) is 0 Å². The topological polar surface area (TPSA) is 73.8 Å². The molecule has 0 fully saturated rings. The highest BCUT2D eigenvalue weighted by molar-refractivity contribution is 7.92. The number of thiazole rings is 1. The summed E-state index contributed by atoms with van der Waals surface area (Å²) in [6.07, 6.45) is 2.83. The molecule has 1 aliphatic heterocycles. The van der Waals surface area contributed by atoms with Gasteiger partial charge in [-0.1, -0.05) is 29.8 Å². The van der Waals surface area contributed by atoms with Crippen LogP contribution in [0.25, 0.3) is 10.2 Å². The average molecular weight is 549 g/mol. The summed E-state index contributed by atoms with van der Waals surface area (Å²) in [5.74, 6) is 0.0315. The number of aryl methyl sites for hydroxylation is 1. The molecule has 3 aromatic rings. The third kappa shape index (κ3) is 6.56. The summed E-state index contributed by atoms with van der Waals surface area (Å²) >= 11 is 7.91. The largest absolute Gasteiger partial charge is 0.337 e. The Balaban J connectivity index is 1.61. The van der Waals surface area contributed by atoms with Crippen LogP contribution in [-0.2, 0) is 27.8 Å². The van der Waals surface area contributed by atoms with Crippen LogP contribution in [0.5, 0.6) is 0 Å². The average Bonchev–Trinajstić information content (AvgIpc) is 3.22. The molecule has 0 unspecified atom stereocenters. The van der Waals surface area contributed by atoms with Crippen molar-refractivity contribution in [1.82, 2.24) is 14.8 Å². The molecule has 0 radical (unpaired) electrons. The van der Waals surface area contributed by atoms with Crippen LogP contribution < -0.4 is 4.31 Å². The van der Waals surface area contributed by atoms with Gasteiger partial charge in [-0.05, 0) is 50.1 Å². The molecule has 0 saturated heterocycles. The van der Waals surface area contributed by atoms with E-state index < -0.39 is 10.0 Å². The number of anilines is 1. The van der Waals surface area contributed by atoms with E-state index in [-0.39, 0.29) is 11.9 Å². The van der Waals surface area contributed by atoms with Crippen LogP contribution in [0, 0.1) is 0 Å². The van der Waals surface area contributed by atoms with E-state index in [1.807, 2.05) is 35.2 Å². The number of amides is 1. The standard InChI is InChI=1S/C26H33ClN4O3S2/c1-19(2)29-13-6-14-31(36(3,33)34)23-17-21(27)10-9-20(23)18-30(16-15-29)26(32)12-11-25-28-22-7-4-5-8-24(22)35-25/h4-5,7-10,17,19H,6,11-16,18H2,1-3H3. The summed E-state index contributed by atoms with van der Waals surface area (Å²) in [7, 11) is -3.52. The number of aromatic nitrogens is 1. The smallest absolute Gasteiger partial charge is 0.232 e. The van der Waals surface area contributed by atoms with E-state index in [1.54, 1.807) is 23.5 Å². The summed E-state index contributed by atoms with van der Waals surface area (Å²) < 4.78 is 28.1. The molecule has 1 amide bonds. The predicted molar refractivity (Wildman–Crippen MR) is 148 cm³/mol. The lowest BCUT2D eigenvalue weighted by Crippen LogP contribution is -2.41. The lowest BCUT2D eigenvalue weighted by molar-refractivity contribution is -0.132. The number of hydrogen-bond acceptors (Lipinski definition) is 6. The lowest BCUT2D eigenvalue weighted by atomic mass is 10.1. The lowest BCUT2D eigenvalue weighted by Gasteiger charge is -2.30. The van der Waals surface area contributed by atoms with Crippen molar-refractivity contribution in [3.63, 3.8) is 0 Å². The fraction of sp³-hybridized carbons (Fsp3) is 0.462. The van der Waals surface area contributed by atoms with Gasteiger partial charge in [0.05, 0.1) is 27.2 Å². The Morgan fingerprint density at radius 2 is 1.89 bits per heavy atom. The molecule has 36 heavy (non-hydrogen) atoms. The van der Waals surface area contributed by atoms with Crippen molar-refractivity contribution in [3.8, 4) is 0 Å². The third-order valence-electron chi connectivity index (χ3n) is 6.52. The summed E-state index contributed by atoms with van der Waals surface area (Å²) in [6, 6.07) is 13.6. The highest BCUT2D eigenvalue weighted by atomic mass is 35.5. The zero-order valence-corrected chi connectivity index (χ0v) is 23.4. The molecule has 0 N–H and O–H groups in total. The fourth-order valence-corrected chi connectivity index (χ4v) is 6.68. The molecule has 0 bridgehead atoms. The Morgan fingerprint density at radius 1 is 1.11 bits per heavy atom. The molecule has 1 aliphatic rings. The fourth-order valence-electron chi connectivity index (χ4n) is 4.56. The molecule has 2 heterocycles. The number of benzene rings is 2. The molecule has 4 rings (SSSR count). The van der Waals surface area contributed by atoms with Crippen LogP contribution >= 0.6 is 22.9 Å². The van der Waals surface area contributed by atoms with E-state index in [0.29, 0.717) is 49.6 Å². The van der Waals surface area contributed by atoms with Crippen molar-refractivity contribution in [2.24, 2.45) is 0 Å². The van der Waals surface area contributed by atoms with Crippen LogP contribution in [0.3, 0.4) is 0 Å². The summed E-state index contributed by atoms with van der Waals surface area (Å²) in [6.45, 7) is 6.98. The monoisotopic (exact) mass is 548 g/mol. The first kappa shape index (κ1) is 26.9. The van der Waals surface area contributed by atoms with Gasteiger partial charge in [0.15, 0.2) is 0 Å². The van der Waals surface area contributed by atoms with Gasteiger partial charge in [-0.2, -0.15) is 0 Å². The number of para-hydroxylation sites is 1. The van der Waals surface area contributed by atoms with Gasteiger partial charge >= 0.3 is 0 Å². The summed E-state index contributed by atoms with van der Waals surface area (Å²) in [4.78, 5) is 22.3. The first-order valence-corrected chi connectivity index (χ1v) is 15.3. The minimum Gasteiger partial charge on any atom is -0.337 e. The highest BCUT2D eigenvalue weighted by Gasteiger charge is 2.25. The van der Waals surface area contributed by atoms with E-state index in [9.17, 15) is 13.2 Å². The summed E-state index contributed by atoms with van der Waals surface area (Å²) in [5, 5.41) is 1.41. The van der Waals surface area contributed by atoms with E-state index in [1.165, 1.54) is 10.6 Å². The van der Waals surface area contributed by atoms with Crippen molar-refractivity contribution in [3.05, 3.63) is 58.1 Å². The SMILES string of the molecule is CC(C)N1CCCN(S(C)(=O)=O)c2cc(Cl)ccc2CN(C(=O)CCc2nc3ccccc3s2)CC1. The highest BCUT2D eigenvalue weighted by Crippen LogP contribution is 2.29. The van der Waals surface area contributed by atoms with E-state index in [0.717, 1.165) is 33.9 Å². The summed E-state index contributed by atoms with van der Waals surface area (Å²) in [5.41, 5.74) is 2.28. The molecule has 2 aromatic carbocycles. The molecule has 10 heteroatoms. The van der Waals surface area contributed by atoms with E-state index in [2.05, 4.69) is 23.7 Å². The van der Waals surface area contributed by atoms with Crippen LogP contribution in [0.2, 0.25) is 5.02 Å². The maximum absolute atomic E-state index is 13.5. The third-order valence-corrected chi connectivity index (χ3v) is 9.03. The van der Waals surface area contributed by atoms with Gasteiger partial charge in [0.1, 0.15) is 0 Å². The Kier molecular flexibility index (Phi) is 8.55. The number of fused-ring (bicyclic) bond motifs is 2. The number of halogens is 1. The molecule has 0 aliphatic carbocycles. The second-order valence-electron chi connectivity index (χ2n) is 9.48. The van der Waals surface area contributed by atoms with Crippen LogP contribution in [-0.4, -0.2) is 67.6 Å². The number of carbonyl (C=O) groups excluding carboxylic acids is 1. The number of hydrogen-bond donors (Lipinski definition) is 0. The molecule has 194 valence electrons. The molecule has 0 spiro atoms. The Bertz CT molecular complexity index is 1290. The maximum atomic E-state index is 13.5. The molecule has 0 atom stereocenters. The number of nitrogens with zero attached hydrogens (tertiary/aromatic N) is 4. The van der Waals surface area contributed by atoms with Gasteiger partial charge in [0, 0.05) is 56.6 Å². The van der Waals surface area contributed by atoms with Crippen LogP contribution in [0.1, 0.15) is 37.3 Å². The predicted octanol–water partition coefficient (Wildman–Crippen LogP) is 4.79. The van der Waals surface area contributed by atoms with Crippen molar-refractivity contribution in [1.29, 1.82) is 0 Å². The molecule has 1 aromatic heterocycles. The van der Waals surface area contributed by atoms with Gasteiger partial charge in [-0.3, -0.25) is 14.0 Å². The quantitative estimate of drug-likeness (QED) is 0.458. The van der Waals surface area contributed by atoms with Crippen molar-refractivity contribution < 1.29 is 13.2 Å². The van der Waals surface area contributed by atoms with E-state index >= 15 is 0 Å². The van der Waals surface area contributed by atoms with Gasteiger partial charge in [-0.25, -0.2) is 13.4 Å². The molecular weight excluding hydrogens is 516 g/mol. The van der Waals surface area contributed by atoms with Gasteiger partial charge < -0.3 is 4.90 Å². The molecule has 7 nitrogen and oxygen atoms in total. The zero-order chi connectivity index (χ0) is 25.9. The van der Waals surface area contributed by atoms with Crippen molar-refractivity contribution in [2.45, 2.75) is 45.7 Å². The van der Waals surface area contributed by atoms with Gasteiger partial charge in [0.2, 0.25) is 15.9 Å². The van der Waals surface area contributed by atoms with Crippen molar-refractivity contribution in [2.75, 3.05) is 36.7 Å². The minimum atomic E-state index is -3.52. The van der Waals surface area contributed by atoms with Gasteiger partial charge in [-0.15, -0.1) is 11.3 Å². The number of carbonyl (C=O) groups is 1. The maximum Gasteiger partial charge on any atom is 0.232 e. The van der Waals surface area contributed by atoms with Crippen LogP contribution in [0.15, 0.2) is 42.5 Å². The zero-order valence-electron chi connectivity index (χ0n) is 21.0. The number of rotatable bonds is 5. The molecule has 0 saturated carbocycles. The Morgan fingerprint density at radius 3 is 2.61 bits per heavy atom. The second kappa shape index (κ2) is 11.5. The second-order valence-corrected chi connectivity index (χ2v) is 12.9. The number of sulfonamides is 1. The first-order chi connectivity index (χ1) is 17.1. The van der Waals surface area contributed by atoms with Crippen LogP contribution in [0.4, 0.5) is 5.69 Å². The normalized spacial score (nSPS) is 16.2. The first-order valence-electron chi connectivity index (χ1n) is 12.2. The molecular formula is C26H33ClN4O3S2. The Labute approximate surface area is 222 Å². The Hall–Kier alpha value is -2.20. The van der Waals surface area contributed by atoms with Crippen molar-refractivity contribution >= 4 is 54.8 Å². The van der Waals surface area contributed by atoms with E-state index in [4.69, 9.17) is 11.6 Å².